The number of fused-ring (bicyclic) bond motifs is 1. The van der Waals surface area contributed by atoms with E-state index >= 15 is 0 Å². The molecule has 18 heavy (non-hydrogen) atoms. The van der Waals surface area contributed by atoms with Crippen LogP contribution in [-0.2, 0) is 6.42 Å². The normalized spacial score (nSPS) is 13.8. The summed E-state index contributed by atoms with van der Waals surface area (Å²) >= 11 is 1.58. The van der Waals surface area contributed by atoms with E-state index in [9.17, 15) is 4.79 Å². The number of hydrogen-bond acceptors (Lipinski definition) is 3. The molecule has 1 aliphatic rings. The van der Waals surface area contributed by atoms with Gasteiger partial charge in [0.25, 0.3) is 5.91 Å². The smallest absolute Gasteiger partial charge is 0.278 e. The van der Waals surface area contributed by atoms with E-state index in [1.54, 1.807) is 11.3 Å². The molecular formula is C14H14N2OS. The molecule has 0 saturated heterocycles. The molecule has 2 aromatic rings. The quantitative estimate of drug-likeness (QED) is 0.788. The molecule has 0 saturated carbocycles. The number of thiazole rings is 1. The topological polar surface area (TPSA) is 33.2 Å². The summed E-state index contributed by atoms with van der Waals surface area (Å²) < 4.78 is 0. The van der Waals surface area contributed by atoms with Gasteiger partial charge in [-0.05, 0) is 31.9 Å². The second-order valence-corrected chi connectivity index (χ2v) is 5.88. The molecule has 1 aromatic heterocycles. The molecule has 0 N–H and O–H groups in total. The summed E-state index contributed by atoms with van der Waals surface area (Å²) in [7, 11) is 0. The number of nitrogens with zero attached hydrogens (tertiary/aromatic N) is 2. The van der Waals surface area contributed by atoms with Crippen LogP contribution in [0.4, 0.5) is 5.69 Å². The number of carbonyl (C=O) groups is 1. The van der Waals surface area contributed by atoms with Gasteiger partial charge in [-0.2, -0.15) is 0 Å². The fraction of sp³-hybridized carbons (Fsp3) is 0.286. The van der Waals surface area contributed by atoms with Gasteiger partial charge in [-0.15, -0.1) is 11.3 Å². The average molecular weight is 258 g/mol. The number of anilines is 1. The fourth-order valence-electron chi connectivity index (χ4n) is 2.40. The molecule has 1 aliphatic heterocycles. The lowest BCUT2D eigenvalue weighted by atomic mass is 10.2. The van der Waals surface area contributed by atoms with Gasteiger partial charge in [0.1, 0.15) is 5.69 Å². The Labute approximate surface area is 110 Å². The number of benzene rings is 1. The number of aryl methyl sites for hydroxylation is 2. The van der Waals surface area contributed by atoms with E-state index in [-0.39, 0.29) is 5.91 Å². The van der Waals surface area contributed by atoms with Gasteiger partial charge in [-0.1, -0.05) is 18.2 Å². The van der Waals surface area contributed by atoms with Crippen molar-refractivity contribution in [3.05, 3.63) is 45.4 Å². The molecule has 0 radical (unpaired) electrons. The van der Waals surface area contributed by atoms with Crippen molar-refractivity contribution in [2.75, 3.05) is 11.4 Å². The lowest BCUT2D eigenvalue weighted by molar-refractivity contribution is 0.0984. The summed E-state index contributed by atoms with van der Waals surface area (Å²) in [6.07, 6.45) is 0.935. The summed E-state index contributed by atoms with van der Waals surface area (Å²) in [4.78, 5) is 19.7. The predicted molar refractivity (Wildman–Crippen MR) is 73.4 cm³/mol. The van der Waals surface area contributed by atoms with Crippen LogP contribution in [0.25, 0.3) is 0 Å². The van der Waals surface area contributed by atoms with Crippen LogP contribution in [0.5, 0.6) is 0 Å². The number of para-hydroxylation sites is 1. The second-order valence-electron chi connectivity index (χ2n) is 4.47. The third kappa shape index (κ3) is 1.73. The van der Waals surface area contributed by atoms with Crippen LogP contribution in [0.15, 0.2) is 24.3 Å². The van der Waals surface area contributed by atoms with E-state index in [4.69, 9.17) is 0 Å². The van der Waals surface area contributed by atoms with Crippen LogP contribution in [0.1, 0.15) is 25.9 Å². The summed E-state index contributed by atoms with van der Waals surface area (Å²) in [5.74, 6) is 0.0294. The number of rotatable bonds is 1. The SMILES string of the molecule is Cc1nc(C(=O)N2CCc3ccccc32)c(C)s1. The van der Waals surface area contributed by atoms with Crippen molar-refractivity contribution in [2.45, 2.75) is 20.3 Å². The van der Waals surface area contributed by atoms with Gasteiger partial charge in [0.2, 0.25) is 0 Å². The minimum absolute atomic E-state index is 0.0294. The fourth-order valence-corrected chi connectivity index (χ4v) is 3.21. The minimum Gasteiger partial charge on any atom is -0.306 e. The maximum Gasteiger partial charge on any atom is 0.278 e. The molecule has 4 heteroatoms. The molecule has 1 aromatic carbocycles. The van der Waals surface area contributed by atoms with Gasteiger partial charge in [0.05, 0.1) is 5.01 Å². The summed E-state index contributed by atoms with van der Waals surface area (Å²) in [5, 5.41) is 0.948. The molecule has 2 heterocycles. The number of aromatic nitrogens is 1. The molecule has 0 fully saturated rings. The van der Waals surface area contributed by atoms with E-state index in [0.29, 0.717) is 5.69 Å². The molecule has 0 aliphatic carbocycles. The Morgan fingerprint density at radius 2 is 2.11 bits per heavy atom. The van der Waals surface area contributed by atoms with Crippen molar-refractivity contribution in [3.63, 3.8) is 0 Å². The minimum atomic E-state index is 0.0294. The van der Waals surface area contributed by atoms with Crippen LogP contribution >= 0.6 is 11.3 Å². The van der Waals surface area contributed by atoms with Gasteiger partial charge in [-0.3, -0.25) is 4.79 Å². The summed E-state index contributed by atoms with van der Waals surface area (Å²) in [6.45, 7) is 4.65. The second kappa shape index (κ2) is 4.21. The van der Waals surface area contributed by atoms with E-state index < -0.39 is 0 Å². The average Bonchev–Trinajstić information content (AvgIpc) is 2.92. The van der Waals surface area contributed by atoms with E-state index in [0.717, 1.165) is 28.5 Å². The molecular weight excluding hydrogens is 244 g/mol. The van der Waals surface area contributed by atoms with Crippen molar-refractivity contribution in [3.8, 4) is 0 Å². The van der Waals surface area contributed by atoms with E-state index in [1.807, 2.05) is 36.9 Å². The van der Waals surface area contributed by atoms with Crippen molar-refractivity contribution in [1.82, 2.24) is 4.98 Å². The van der Waals surface area contributed by atoms with Crippen molar-refractivity contribution in [1.29, 1.82) is 0 Å². The Hall–Kier alpha value is -1.68. The Morgan fingerprint density at radius 1 is 1.33 bits per heavy atom. The molecule has 1 amide bonds. The number of carbonyl (C=O) groups excluding carboxylic acids is 1. The first kappa shape index (κ1) is 11.4. The van der Waals surface area contributed by atoms with Crippen molar-refractivity contribution >= 4 is 22.9 Å². The highest BCUT2D eigenvalue weighted by Crippen LogP contribution is 2.29. The van der Waals surface area contributed by atoms with E-state index in [2.05, 4.69) is 11.1 Å². The lowest BCUT2D eigenvalue weighted by Crippen LogP contribution is -2.29. The lowest BCUT2D eigenvalue weighted by Gasteiger charge is -2.16. The van der Waals surface area contributed by atoms with Gasteiger partial charge in [0, 0.05) is 17.1 Å². The molecule has 3 rings (SSSR count). The Balaban J connectivity index is 1.98. The highest BCUT2D eigenvalue weighted by Gasteiger charge is 2.27. The van der Waals surface area contributed by atoms with Crippen LogP contribution < -0.4 is 4.90 Å². The zero-order valence-corrected chi connectivity index (χ0v) is 11.3. The van der Waals surface area contributed by atoms with Gasteiger partial charge in [0.15, 0.2) is 0 Å². The summed E-state index contributed by atoms with van der Waals surface area (Å²) in [6, 6.07) is 8.09. The van der Waals surface area contributed by atoms with Gasteiger partial charge in [-0.25, -0.2) is 4.98 Å². The van der Waals surface area contributed by atoms with Crippen LogP contribution in [0, 0.1) is 13.8 Å². The Bertz CT molecular complexity index is 618. The van der Waals surface area contributed by atoms with E-state index in [1.165, 1.54) is 5.56 Å². The zero-order chi connectivity index (χ0) is 12.7. The van der Waals surface area contributed by atoms with Crippen LogP contribution in [-0.4, -0.2) is 17.4 Å². The first-order chi connectivity index (χ1) is 8.66. The highest BCUT2D eigenvalue weighted by molar-refractivity contribution is 7.11. The predicted octanol–water partition coefficient (Wildman–Crippen LogP) is 2.96. The maximum absolute atomic E-state index is 12.5. The van der Waals surface area contributed by atoms with Gasteiger partial charge >= 0.3 is 0 Å². The standard InChI is InChI=1S/C14H14N2OS/c1-9-13(15-10(2)18-9)14(17)16-8-7-11-5-3-4-6-12(11)16/h3-6H,7-8H2,1-2H3. The number of hydrogen-bond donors (Lipinski definition) is 0. The maximum atomic E-state index is 12.5. The highest BCUT2D eigenvalue weighted by atomic mass is 32.1. The first-order valence-corrected chi connectivity index (χ1v) is 6.82. The summed E-state index contributed by atoms with van der Waals surface area (Å²) in [5.41, 5.74) is 2.89. The van der Waals surface area contributed by atoms with Crippen molar-refractivity contribution in [2.24, 2.45) is 0 Å². The third-order valence-electron chi connectivity index (χ3n) is 3.24. The Kier molecular flexibility index (Phi) is 2.67. The zero-order valence-electron chi connectivity index (χ0n) is 10.4. The molecule has 92 valence electrons. The van der Waals surface area contributed by atoms with Crippen molar-refractivity contribution < 1.29 is 4.79 Å². The monoisotopic (exact) mass is 258 g/mol. The number of amides is 1. The first-order valence-electron chi connectivity index (χ1n) is 6.00. The van der Waals surface area contributed by atoms with Crippen LogP contribution in [0.3, 0.4) is 0 Å². The Morgan fingerprint density at radius 3 is 2.83 bits per heavy atom. The molecule has 0 unspecified atom stereocenters. The van der Waals surface area contributed by atoms with Gasteiger partial charge < -0.3 is 4.90 Å². The largest absolute Gasteiger partial charge is 0.306 e. The molecule has 3 nitrogen and oxygen atoms in total. The third-order valence-corrected chi connectivity index (χ3v) is 4.12. The molecule has 0 spiro atoms. The molecule has 0 atom stereocenters. The molecule has 0 bridgehead atoms. The van der Waals surface area contributed by atoms with Crippen LogP contribution in [0.2, 0.25) is 0 Å².